The summed E-state index contributed by atoms with van der Waals surface area (Å²) in [5.41, 5.74) is 2.99. The molecule has 256 valence electrons. The first-order chi connectivity index (χ1) is 22.9. The molecule has 0 saturated carbocycles. The smallest absolute Gasteiger partial charge is 0.354 e. The molecule has 1 aliphatic carbocycles. The Labute approximate surface area is 282 Å². The first-order valence-electron chi connectivity index (χ1n) is 16.6. The van der Waals surface area contributed by atoms with Crippen LogP contribution in [0.4, 0.5) is 0 Å². The number of aliphatic hydroxyl groups excluding tert-OH is 2. The van der Waals surface area contributed by atoms with Gasteiger partial charge < -0.3 is 26.0 Å². The third kappa shape index (κ3) is 9.25. The molecule has 1 fully saturated rings. The molecule has 1 saturated heterocycles. The van der Waals surface area contributed by atoms with E-state index in [9.17, 15) is 29.7 Å². The lowest BCUT2D eigenvalue weighted by molar-refractivity contribution is -0.132. The zero-order chi connectivity index (χ0) is 34.4. The van der Waals surface area contributed by atoms with Gasteiger partial charge in [0.1, 0.15) is 11.7 Å². The van der Waals surface area contributed by atoms with Gasteiger partial charge in [-0.15, -0.1) is 0 Å². The second kappa shape index (κ2) is 15.4. The number of aromatic nitrogens is 1. The Kier molecular flexibility index (Phi) is 11.3. The van der Waals surface area contributed by atoms with Crippen LogP contribution < -0.4 is 10.6 Å². The molecule has 2 heterocycles. The van der Waals surface area contributed by atoms with Gasteiger partial charge in [0.2, 0.25) is 11.8 Å². The van der Waals surface area contributed by atoms with Crippen molar-refractivity contribution in [3.63, 3.8) is 0 Å². The van der Waals surface area contributed by atoms with Gasteiger partial charge in [-0.05, 0) is 62.4 Å². The van der Waals surface area contributed by atoms with Crippen molar-refractivity contribution in [3.8, 4) is 0 Å². The summed E-state index contributed by atoms with van der Waals surface area (Å²) in [6.07, 6.45) is -0.578. The van der Waals surface area contributed by atoms with Gasteiger partial charge in [-0.25, -0.2) is 9.78 Å². The molecule has 5 unspecified atom stereocenters. The number of amides is 2. The van der Waals surface area contributed by atoms with Crippen LogP contribution in [0.2, 0.25) is 0 Å². The van der Waals surface area contributed by atoms with Crippen molar-refractivity contribution in [3.05, 3.63) is 101 Å². The average molecular weight is 658 g/mol. The standard InChI is InChI=1S/C37H47N5O6/c1-37(2,3)40-35(46)31-23-41(21-27-13-9-15-30(38-27)36(47)48)16-17-42(31)22-28(43)19-26(18-24-10-5-4-6-11-24)34(45)39-33-29-14-8-7-12-25(29)20-32(33)44/h4-15,26,28,31-33,43-44H,16-23H2,1-3H3,(H,39,45)(H,40,46)(H,47,48). The van der Waals surface area contributed by atoms with Crippen molar-refractivity contribution < 1.29 is 29.7 Å². The Bertz CT molecular complexity index is 1580. The summed E-state index contributed by atoms with van der Waals surface area (Å²) in [6, 6.07) is 21.2. The van der Waals surface area contributed by atoms with E-state index in [1.165, 1.54) is 6.07 Å². The highest BCUT2D eigenvalue weighted by Crippen LogP contribution is 2.32. The number of nitrogens with zero attached hydrogens (tertiary/aromatic N) is 3. The summed E-state index contributed by atoms with van der Waals surface area (Å²) in [5.74, 6) is -2.07. The maximum atomic E-state index is 13.8. The summed E-state index contributed by atoms with van der Waals surface area (Å²) in [5, 5.41) is 37.8. The van der Waals surface area contributed by atoms with Crippen LogP contribution in [-0.4, -0.2) is 97.9 Å². The van der Waals surface area contributed by atoms with Crippen LogP contribution in [0.5, 0.6) is 0 Å². The number of aromatic carboxylic acids is 1. The number of carbonyl (C=O) groups is 3. The molecule has 0 radical (unpaired) electrons. The molecule has 1 aromatic heterocycles. The lowest BCUT2D eigenvalue weighted by atomic mass is 9.91. The molecular weight excluding hydrogens is 610 g/mol. The first-order valence-corrected chi connectivity index (χ1v) is 16.6. The van der Waals surface area contributed by atoms with Gasteiger partial charge in [0.15, 0.2) is 0 Å². The Morgan fingerprint density at radius 1 is 0.979 bits per heavy atom. The third-order valence-corrected chi connectivity index (χ3v) is 8.99. The molecule has 3 aromatic rings. The topological polar surface area (TPSA) is 155 Å². The largest absolute Gasteiger partial charge is 0.477 e. The van der Waals surface area contributed by atoms with E-state index in [1.54, 1.807) is 12.1 Å². The van der Waals surface area contributed by atoms with Crippen LogP contribution in [0.15, 0.2) is 72.8 Å². The number of aliphatic hydroxyl groups is 2. The second-order valence-electron chi connectivity index (χ2n) is 14.0. The van der Waals surface area contributed by atoms with E-state index in [2.05, 4.69) is 20.5 Å². The molecule has 0 spiro atoms. The third-order valence-electron chi connectivity index (χ3n) is 8.99. The number of hydrogen-bond acceptors (Lipinski definition) is 8. The number of carboxylic acids is 1. The minimum atomic E-state index is -1.10. The van der Waals surface area contributed by atoms with E-state index in [4.69, 9.17) is 0 Å². The maximum absolute atomic E-state index is 13.8. The van der Waals surface area contributed by atoms with Crippen LogP contribution in [0.25, 0.3) is 0 Å². The van der Waals surface area contributed by atoms with Crippen molar-refractivity contribution in [2.45, 2.75) is 76.4 Å². The molecule has 1 aliphatic heterocycles. The van der Waals surface area contributed by atoms with E-state index < -0.39 is 41.7 Å². The normalized spacial score (nSPS) is 21.2. The number of piperazine rings is 1. The number of carbonyl (C=O) groups excluding carboxylic acids is 2. The number of nitrogens with one attached hydrogen (secondary N) is 2. The zero-order valence-corrected chi connectivity index (χ0v) is 27.9. The predicted octanol–water partition coefficient (Wildman–Crippen LogP) is 2.57. The van der Waals surface area contributed by atoms with Gasteiger partial charge in [-0.3, -0.25) is 19.4 Å². The van der Waals surface area contributed by atoms with Gasteiger partial charge >= 0.3 is 5.97 Å². The van der Waals surface area contributed by atoms with Crippen LogP contribution in [0, 0.1) is 5.92 Å². The zero-order valence-electron chi connectivity index (χ0n) is 27.9. The van der Waals surface area contributed by atoms with Gasteiger partial charge in [-0.1, -0.05) is 60.7 Å². The first kappa shape index (κ1) is 35.2. The molecule has 11 heteroatoms. The van der Waals surface area contributed by atoms with E-state index in [-0.39, 0.29) is 30.5 Å². The van der Waals surface area contributed by atoms with Crippen molar-refractivity contribution >= 4 is 17.8 Å². The minimum absolute atomic E-state index is 0.0305. The molecule has 2 aromatic carbocycles. The van der Waals surface area contributed by atoms with Gasteiger partial charge in [0.25, 0.3) is 0 Å². The van der Waals surface area contributed by atoms with Crippen LogP contribution >= 0.6 is 0 Å². The molecule has 2 aliphatic rings. The fourth-order valence-electron chi connectivity index (χ4n) is 6.73. The average Bonchev–Trinajstić information content (AvgIpc) is 3.35. The molecule has 2 amide bonds. The highest BCUT2D eigenvalue weighted by molar-refractivity contribution is 5.85. The molecule has 48 heavy (non-hydrogen) atoms. The number of rotatable bonds is 12. The molecule has 11 nitrogen and oxygen atoms in total. The highest BCUT2D eigenvalue weighted by atomic mass is 16.4. The summed E-state index contributed by atoms with van der Waals surface area (Å²) < 4.78 is 0. The summed E-state index contributed by atoms with van der Waals surface area (Å²) in [7, 11) is 0. The van der Waals surface area contributed by atoms with Gasteiger partial charge in [0, 0.05) is 50.6 Å². The molecular formula is C37H47N5O6. The van der Waals surface area contributed by atoms with Crippen molar-refractivity contribution in [2.75, 3.05) is 26.2 Å². The van der Waals surface area contributed by atoms with Crippen LogP contribution in [-0.2, 0) is 29.0 Å². The number of benzene rings is 2. The molecule has 5 atom stereocenters. The fourth-order valence-corrected chi connectivity index (χ4v) is 6.73. The summed E-state index contributed by atoms with van der Waals surface area (Å²) >= 11 is 0. The lowest BCUT2D eigenvalue weighted by Gasteiger charge is -2.42. The Morgan fingerprint density at radius 3 is 2.44 bits per heavy atom. The second-order valence-corrected chi connectivity index (χ2v) is 14.0. The number of hydrogen-bond donors (Lipinski definition) is 5. The summed E-state index contributed by atoms with van der Waals surface area (Å²) in [6.45, 7) is 7.74. The molecule has 0 bridgehead atoms. The van der Waals surface area contributed by atoms with Crippen LogP contribution in [0.1, 0.15) is 66.1 Å². The van der Waals surface area contributed by atoms with E-state index in [0.29, 0.717) is 44.7 Å². The fraction of sp³-hybridized carbons (Fsp3) is 0.459. The Morgan fingerprint density at radius 2 is 1.71 bits per heavy atom. The number of fused-ring (bicyclic) bond motifs is 1. The minimum Gasteiger partial charge on any atom is -0.477 e. The van der Waals surface area contributed by atoms with E-state index >= 15 is 0 Å². The van der Waals surface area contributed by atoms with Crippen molar-refractivity contribution in [1.82, 2.24) is 25.4 Å². The molecule has 5 N–H and O–H groups in total. The molecule has 5 rings (SSSR count). The Balaban J connectivity index is 1.29. The highest BCUT2D eigenvalue weighted by Gasteiger charge is 2.37. The lowest BCUT2D eigenvalue weighted by Crippen LogP contribution is -2.62. The van der Waals surface area contributed by atoms with Crippen molar-refractivity contribution in [1.29, 1.82) is 0 Å². The van der Waals surface area contributed by atoms with E-state index in [1.807, 2.05) is 80.3 Å². The predicted molar refractivity (Wildman–Crippen MR) is 181 cm³/mol. The van der Waals surface area contributed by atoms with Gasteiger partial charge in [-0.2, -0.15) is 0 Å². The van der Waals surface area contributed by atoms with Crippen molar-refractivity contribution in [2.24, 2.45) is 5.92 Å². The monoisotopic (exact) mass is 657 g/mol. The number of β-amino-alcohol motifs (C(OH)–C–C–N with tert-alkyl or cyclic N) is 1. The van der Waals surface area contributed by atoms with Crippen LogP contribution in [0.3, 0.4) is 0 Å². The van der Waals surface area contributed by atoms with Gasteiger partial charge in [0.05, 0.1) is 23.9 Å². The number of pyridine rings is 1. The Hall–Kier alpha value is -4.16. The maximum Gasteiger partial charge on any atom is 0.354 e. The summed E-state index contributed by atoms with van der Waals surface area (Å²) in [4.78, 5) is 47.2. The van der Waals surface area contributed by atoms with E-state index in [0.717, 1.165) is 16.7 Å². The SMILES string of the molecule is CC(C)(C)NC(=O)C1CN(Cc2cccc(C(=O)O)n2)CCN1CC(O)CC(Cc1ccccc1)C(=O)NC1c2ccccc2CC1O. The quantitative estimate of drug-likeness (QED) is 0.198. The number of carboxylic acid groups (broad SMARTS) is 1.